The number of rotatable bonds is 1. The van der Waals surface area contributed by atoms with Gasteiger partial charge >= 0.3 is 0 Å². The molecular formula is C15H26O4. The lowest BCUT2D eigenvalue weighted by Gasteiger charge is -2.61. The molecule has 0 spiro atoms. The summed E-state index contributed by atoms with van der Waals surface area (Å²) in [6.07, 6.45) is -0.316. The van der Waals surface area contributed by atoms with Crippen molar-refractivity contribution < 1.29 is 20.4 Å². The molecule has 0 aromatic heterocycles. The Labute approximate surface area is 114 Å². The van der Waals surface area contributed by atoms with E-state index in [-0.39, 0.29) is 12.3 Å². The molecule has 2 aliphatic carbocycles. The van der Waals surface area contributed by atoms with Crippen LogP contribution in [0, 0.1) is 11.3 Å². The van der Waals surface area contributed by atoms with E-state index in [0.29, 0.717) is 24.8 Å². The van der Waals surface area contributed by atoms with E-state index in [0.717, 1.165) is 0 Å². The quantitative estimate of drug-likeness (QED) is 0.535. The van der Waals surface area contributed by atoms with Crippen molar-refractivity contribution in [2.24, 2.45) is 11.3 Å². The summed E-state index contributed by atoms with van der Waals surface area (Å²) in [7, 11) is 0. The molecule has 4 nitrogen and oxygen atoms in total. The molecule has 0 amide bonds. The second kappa shape index (κ2) is 4.29. The fourth-order valence-electron chi connectivity index (χ4n) is 4.04. The molecule has 0 aliphatic heterocycles. The third kappa shape index (κ3) is 1.88. The molecular weight excluding hydrogens is 244 g/mol. The first-order valence-corrected chi connectivity index (χ1v) is 7.04. The maximum Gasteiger partial charge on any atom is 0.0880 e. The van der Waals surface area contributed by atoms with Crippen molar-refractivity contribution in [3.8, 4) is 0 Å². The second-order valence-electron chi connectivity index (χ2n) is 6.98. The molecule has 4 heteroatoms. The highest BCUT2D eigenvalue weighted by molar-refractivity contribution is 5.21. The summed E-state index contributed by atoms with van der Waals surface area (Å²) in [4.78, 5) is 0. The number of aliphatic hydroxyl groups excluding tert-OH is 2. The van der Waals surface area contributed by atoms with Crippen LogP contribution in [0.2, 0.25) is 0 Å². The number of hydrogen-bond donors (Lipinski definition) is 4. The van der Waals surface area contributed by atoms with Crippen LogP contribution in [0.4, 0.5) is 0 Å². The van der Waals surface area contributed by atoms with Gasteiger partial charge < -0.3 is 20.4 Å². The van der Waals surface area contributed by atoms with Crippen molar-refractivity contribution in [1.82, 2.24) is 0 Å². The minimum absolute atomic E-state index is 0.177. The van der Waals surface area contributed by atoms with E-state index >= 15 is 0 Å². The first kappa shape index (κ1) is 15.0. The van der Waals surface area contributed by atoms with Gasteiger partial charge in [0, 0.05) is 11.8 Å². The van der Waals surface area contributed by atoms with Crippen LogP contribution >= 0.6 is 0 Å². The lowest BCUT2D eigenvalue weighted by molar-refractivity contribution is -0.263. The van der Waals surface area contributed by atoms with Crippen LogP contribution in [0.15, 0.2) is 12.2 Å². The molecule has 2 aliphatic rings. The lowest BCUT2D eigenvalue weighted by atomic mass is 9.49. The lowest BCUT2D eigenvalue weighted by Crippen LogP contribution is -2.69. The SMILES string of the molecule is C=C(C)[C@]1(O)CC[C@@]2(C)[C@H](O)[C@@H](O)C[C@H](C)[C@]2(O)C1. The predicted molar refractivity (Wildman–Crippen MR) is 72.5 cm³/mol. The molecule has 6 atom stereocenters. The first-order chi connectivity index (χ1) is 8.57. The van der Waals surface area contributed by atoms with E-state index in [1.807, 2.05) is 13.8 Å². The van der Waals surface area contributed by atoms with Crippen LogP contribution in [0.3, 0.4) is 0 Å². The Kier molecular flexibility index (Phi) is 3.38. The molecule has 19 heavy (non-hydrogen) atoms. The summed E-state index contributed by atoms with van der Waals surface area (Å²) in [6, 6.07) is 0. The van der Waals surface area contributed by atoms with Crippen molar-refractivity contribution in [3.63, 3.8) is 0 Å². The highest BCUT2D eigenvalue weighted by Gasteiger charge is 2.64. The molecule has 4 N–H and O–H groups in total. The molecule has 2 fully saturated rings. The van der Waals surface area contributed by atoms with E-state index in [2.05, 4.69) is 6.58 Å². The molecule has 0 radical (unpaired) electrons. The topological polar surface area (TPSA) is 80.9 Å². The van der Waals surface area contributed by atoms with Crippen molar-refractivity contribution in [1.29, 1.82) is 0 Å². The molecule has 0 aromatic carbocycles. The standard InChI is InChI=1S/C15H26O4/c1-9(2)14(18)6-5-13(4)12(17)11(16)7-10(3)15(13,19)8-14/h10-12,16-19H,1,5-8H2,2-4H3/t10-,11-,12+,13-,14-,15+/m0/s1. The van der Waals surface area contributed by atoms with E-state index in [9.17, 15) is 20.4 Å². The van der Waals surface area contributed by atoms with Gasteiger partial charge in [0.1, 0.15) is 0 Å². The van der Waals surface area contributed by atoms with Crippen molar-refractivity contribution in [2.75, 3.05) is 0 Å². The van der Waals surface area contributed by atoms with Crippen molar-refractivity contribution >= 4 is 0 Å². The summed E-state index contributed by atoms with van der Waals surface area (Å²) in [5, 5.41) is 42.0. The summed E-state index contributed by atoms with van der Waals surface area (Å²) < 4.78 is 0. The van der Waals surface area contributed by atoms with E-state index < -0.39 is 28.8 Å². The van der Waals surface area contributed by atoms with Gasteiger partial charge in [-0.1, -0.05) is 20.4 Å². The zero-order valence-electron chi connectivity index (χ0n) is 12.1. The summed E-state index contributed by atoms with van der Waals surface area (Å²) in [5.74, 6) is -0.179. The highest BCUT2D eigenvalue weighted by Crippen LogP contribution is 2.58. The van der Waals surface area contributed by atoms with Crippen LogP contribution < -0.4 is 0 Å². The third-order valence-electron chi connectivity index (χ3n) is 5.83. The van der Waals surface area contributed by atoms with Gasteiger partial charge in [-0.3, -0.25) is 0 Å². The number of aliphatic hydroxyl groups is 4. The Morgan fingerprint density at radius 1 is 1.21 bits per heavy atom. The van der Waals surface area contributed by atoms with Gasteiger partial charge in [0.15, 0.2) is 0 Å². The molecule has 2 rings (SSSR count). The average molecular weight is 270 g/mol. The van der Waals surface area contributed by atoms with Crippen molar-refractivity contribution in [2.45, 2.75) is 69.9 Å². The number of hydrogen-bond acceptors (Lipinski definition) is 4. The minimum Gasteiger partial charge on any atom is -0.390 e. The van der Waals surface area contributed by atoms with Crippen LogP contribution in [0.1, 0.15) is 46.5 Å². The fraction of sp³-hybridized carbons (Fsp3) is 0.867. The summed E-state index contributed by atoms with van der Waals surface area (Å²) >= 11 is 0. The zero-order chi connectivity index (χ0) is 14.6. The second-order valence-corrected chi connectivity index (χ2v) is 6.98. The van der Waals surface area contributed by atoms with E-state index in [1.54, 1.807) is 6.92 Å². The van der Waals surface area contributed by atoms with Gasteiger partial charge in [-0.05, 0) is 37.7 Å². The molecule has 110 valence electrons. The predicted octanol–water partition coefficient (Wildman–Crippen LogP) is 0.976. The average Bonchev–Trinajstić information content (AvgIpc) is 2.31. The van der Waals surface area contributed by atoms with E-state index in [1.165, 1.54) is 0 Å². The van der Waals surface area contributed by atoms with Gasteiger partial charge in [-0.25, -0.2) is 0 Å². The van der Waals surface area contributed by atoms with Gasteiger partial charge in [0.2, 0.25) is 0 Å². The molecule has 0 saturated heterocycles. The maximum absolute atomic E-state index is 11.1. The van der Waals surface area contributed by atoms with Gasteiger partial charge in [0.25, 0.3) is 0 Å². The Hall–Kier alpha value is -0.420. The number of fused-ring (bicyclic) bond motifs is 1. The normalized spacial score (nSPS) is 54.6. The van der Waals surface area contributed by atoms with Gasteiger partial charge in [-0.2, -0.15) is 0 Å². The highest BCUT2D eigenvalue weighted by atomic mass is 16.3. The Bertz CT molecular complexity index is 396. The zero-order valence-corrected chi connectivity index (χ0v) is 12.1. The summed E-state index contributed by atoms with van der Waals surface area (Å²) in [5.41, 5.74) is -2.40. The van der Waals surface area contributed by atoms with Gasteiger partial charge in [0.05, 0.1) is 23.4 Å². The molecule has 0 bridgehead atoms. The van der Waals surface area contributed by atoms with Crippen LogP contribution in [-0.4, -0.2) is 43.8 Å². The molecule has 0 heterocycles. The fourth-order valence-corrected chi connectivity index (χ4v) is 4.04. The van der Waals surface area contributed by atoms with Gasteiger partial charge in [-0.15, -0.1) is 0 Å². The van der Waals surface area contributed by atoms with Crippen LogP contribution in [-0.2, 0) is 0 Å². The van der Waals surface area contributed by atoms with Crippen LogP contribution in [0.25, 0.3) is 0 Å². The smallest absolute Gasteiger partial charge is 0.0880 e. The third-order valence-corrected chi connectivity index (χ3v) is 5.83. The van der Waals surface area contributed by atoms with Crippen LogP contribution in [0.5, 0.6) is 0 Å². The Balaban J connectivity index is 2.42. The molecule has 0 unspecified atom stereocenters. The molecule has 2 saturated carbocycles. The molecule has 0 aromatic rings. The Morgan fingerprint density at radius 3 is 2.32 bits per heavy atom. The minimum atomic E-state index is -1.18. The Morgan fingerprint density at radius 2 is 1.79 bits per heavy atom. The largest absolute Gasteiger partial charge is 0.390 e. The first-order valence-electron chi connectivity index (χ1n) is 7.04. The van der Waals surface area contributed by atoms with Crippen molar-refractivity contribution in [3.05, 3.63) is 12.2 Å². The summed E-state index contributed by atoms with van der Waals surface area (Å²) in [6.45, 7) is 9.28. The monoisotopic (exact) mass is 270 g/mol. The maximum atomic E-state index is 11.1. The van der Waals surface area contributed by atoms with E-state index in [4.69, 9.17) is 0 Å².